The first-order valence-electron chi connectivity index (χ1n) is 6.93. The van der Waals surface area contributed by atoms with Gasteiger partial charge in [0.15, 0.2) is 0 Å². The monoisotopic (exact) mass is 299 g/mol. The molecule has 0 radical (unpaired) electrons. The Balaban J connectivity index is 2.88. The SMILES string of the molecule is CCC1C(=O)NC(=O)CN1C(=O)N(CC)CC(C)C(=O)O. The summed E-state index contributed by atoms with van der Waals surface area (Å²) in [5.74, 6) is -2.74. The predicted molar refractivity (Wildman–Crippen MR) is 73.4 cm³/mol. The maximum absolute atomic E-state index is 12.5. The molecule has 21 heavy (non-hydrogen) atoms. The second kappa shape index (κ2) is 7.05. The maximum Gasteiger partial charge on any atom is 0.321 e. The molecule has 0 bridgehead atoms. The topological polar surface area (TPSA) is 107 Å². The third-order valence-electron chi connectivity index (χ3n) is 3.46. The Bertz CT molecular complexity index is 451. The zero-order chi connectivity index (χ0) is 16.2. The molecule has 8 heteroatoms. The van der Waals surface area contributed by atoms with Gasteiger partial charge in [0.1, 0.15) is 12.6 Å². The van der Waals surface area contributed by atoms with Gasteiger partial charge in [-0.2, -0.15) is 0 Å². The Morgan fingerprint density at radius 3 is 2.52 bits per heavy atom. The fourth-order valence-corrected chi connectivity index (χ4v) is 2.21. The number of carbonyl (C=O) groups is 4. The second-order valence-electron chi connectivity index (χ2n) is 5.02. The Morgan fingerprint density at radius 2 is 2.05 bits per heavy atom. The standard InChI is InChI=1S/C13H21N3O5/c1-4-9-11(18)14-10(17)7-16(9)13(21)15(5-2)6-8(3)12(19)20/h8-9H,4-7H2,1-3H3,(H,19,20)(H,14,17,18). The summed E-state index contributed by atoms with van der Waals surface area (Å²) in [6.07, 6.45) is 0.386. The Labute approximate surface area is 123 Å². The molecule has 1 aliphatic heterocycles. The van der Waals surface area contributed by atoms with Crippen LogP contribution in [0.15, 0.2) is 0 Å². The summed E-state index contributed by atoms with van der Waals surface area (Å²) < 4.78 is 0. The van der Waals surface area contributed by atoms with Gasteiger partial charge in [0.2, 0.25) is 11.8 Å². The number of carboxylic acids is 1. The highest BCUT2D eigenvalue weighted by Crippen LogP contribution is 2.13. The Kier molecular flexibility index (Phi) is 5.69. The van der Waals surface area contributed by atoms with E-state index in [0.29, 0.717) is 13.0 Å². The molecule has 0 spiro atoms. The minimum absolute atomic E-state index is 0.0351. The third kappa shape index (κ3) is 3.93. The van der Waals surface area contributed by atoms with E-state index in [-0.39, 0.29) is 13.1 Å². The van der Waals surface area contributed by atoms with E-state index in [1.165, 1.54) is 16.7 Å². The minimum Gasteiger partial charge on any atom is -0.481 e. The number of carbonyl (C=O) groups excluding carboxylic acids is 3. The van der Waals surface area contributed by atoms with Crippen LogP contribution in [0, 0.1) is 5.92 Å². The van der Waals surface area contributed by atoms with Gasteiger partial charge in [-0.1, -0.05) is 13.8 Å². The molecule has 1 rings (SSSR count). The van der Waals surface area contributed by atoms with Crippen LogP contribution in [0.1, 0.15) is 27.2 Å². The third-order valence-corrected chi connectivity index (χ3v) is 3.46. The van der Waals surface area contributed by atoms with Crippen molar-refractivity contribution in [3.8, 4) is 0 Å². The van der Waals surface area contributed by atoms with Gasteiger partial charge in [-0.25, -0.2) is 4.79 Å². The molecule has 1 fully saturated rings. The highest BCUT2D eigenvalue weighted by molar-refractivity contribution is 6.04. The molecule has 0 saturated carbocycles. The van der Waals surface area contributed by atoms with Crippen molar-refractivity contribution in [3.63, 3.8) is 0 Å². The van der Waals surface area contributed by atoms with Crippen LogP contribution in [0.3, 0.4) is 0 Å². The van der Waals surface area contributed by atoms with Crippen molar-refractivity contribution in [2.24, 2.45) is 5.92 Å². The van der Waals surface area contributed by atoms with Crippen LogP contribution in [-0.4, -0.2) is 64.4 Å². The van der Waals surface area contributed by atoms with Gasteiger partial charge in [0, 0.05) is 13.1 Å². The molecule has 4 amide bonds. The zero-order valence-corrected chi connectivity index (χ0v) is 12.5. The average molecular weight is 299 g/mol. The van der Waals surface area contributed by atoms with Gasteiger partial charge in [0.05, 0.1) is 5.92 Å². The molecule has 0 aromatic heterocycles. The molecule has 8 nitrogen and oxygen atoms in total. The average Bonchev–Trinajstić information content (AvgIpc) is 2.42. The fraction of sp³-hybridized carbons (Fsp3) is 0.692. The first-order chi connectivity index (χ1) is 9.81. The molecular weight excluding hydrogens is 278 g/mol. The number of rotatable bonds is 5. The van der Waals surface area contributed by atoms with E-state index in [4.69, 9.17) is 5.11 Å². The van der Waals surface area contributed by atoms with Gasteiger partial charge in [-0.15, -0.1) is 0 Å². The van der Waals surface area contributed by atoms with E-state index in [1.54, 1.807) is 13.8 Å². The minimum atomic E-state index is -0.999. The predicted octanol–water partition coefficient (Wildman–Crippen LogP) is -0.114. The molecule has 0 aromatic rings. The number of hydrogen-bond donors (Lipinski definition) is 2. The van der Waals surface area contributed by atoms with E-state index < -0.39 is 35.8 Å². The summed E-state index contributed by atoms with van der Waals surface area (Å²) in [6.45, 7) is 5.12. The van der Waals surface area contributed by atoms with Crippen molar-refractivity contribution in [1.82, 2.24) is 15.1 Å². The molecule has 2 N–H and O–H groups in total. The van der Waals surface area contributed by atoms with Crippen molar-refractivity contribution < 1.29 is 24.3 Å². The molecular formula is C13H21N3O5. The zero-order valence-electron chi connectivity index (χ0n) is 12.5. The van der Waals surface area contributed by atoms with Gasteiger partial charge in [0.25, 0.3) is 0 Å². The number of aliphatic carboxylic acids is 1. The highest BCUT2D eigenvalue weighted by Gasteiger charge is 2.37. The van der Waals surface area contributed by atoms with Crippen molar-refractivity contribution in [2.75, 3.05) is 19.6 Å². The number of piperazine rings is 1. The molecule has 2 unspecified atom stereocenters. The number of hydrogen-bond acceptors (Lipinski definition) is 4. The van der Waals surface area contributed by atoms with Crippen molar-refractivity contribution in [1.29, 1.82) is 0 Å². The highest BCUT2D eigenvalue weighted by atomic mass is 16.4. The van der Waals surface area contributed by atoms with Gasteiger partial charge < -0.3 is 14.9 Å². The van der Waals surface area contributed by atoms with Gasteiger partial charge in [-0.3, -0.25) is 19.7 Å². The summed E-state index contributed by atoms with van der Waals surface area (Å²) in [5.41, 5.74) is 0. The van der Waals surface area contributed by atoms with Gasteiger partial charge >= 0.3 is 12.0 Å². The van der Waals surface area contributed by atoms with Crippen LogP contribution in [-0.2, 0) is 14.4 Å². The summed E-state index contributed by atoms with van der Waals surface area (Å²) in [5, 5.41) is 11.1. The van der Waals surface area contributed by atoms with E-state index in [1.807, 2.05) is 0 Å². The molecule has 1 saturated heterocycles. The number of urea groups is 1. The molecule has 1 heterocycles. The number of nitrogens with zero attached hydrogens (tertiary/aromatic N) is 2. The van der Waals surface area contributed by atoms with Crippen molar-refractivity contribution in [3.05, 3.63) is 0 Å². The first-order valence-corrected chi connectivity index (χ1v) is 6.93. The summed E-state index contributed by atoms with van der Waals surface area (Å²) in [4.78, 5) is 49.1. The van der Waals surface area contributed by atoms with Crippen LogP contribution in [0.4, 0.5) is 4.79 Å². The molecule has 1 aliphatic rings. The normalized spacial score (nSPS) is 20.0. The number of nitrogens with one attached hydrogen (secondary N) is 1. The van der Waals surface area contributed by atoms with Crippen LogP contribution in [0.25, 0.3) is 0 Å². The number of amides is 4. The summed E-state index contributed by atoms with van der Waals surface area (Å²) >= 11 is 0. The Morgan fingerprint density at radius 1 is 1.43 bits per heavy atom. The van der Waals surface area contributed by atoms with E-state index in [0.717, 1.165) is 0 Å². The summed E-state index contributed by atoms with van der Waals surface area (Å²) in [7, 11) is 0. The lowest BCUT2D eigenvalue weighted by atomic mass is 10.1. The maximum atomic E-state index is 12.5. The van der Waals surface area contributed by atoms with E-state index in [2.05, 4.69) is 5.32 Å². The van der Waals surface area contributed by atoms with Crippen molar-refractivity contribution >= 4 is 23.8 Å². The van der Waals surface area contributed by atoms with E-state index >= 15 is 0 Å². The first kappa shape index (κ1) is 16.9. The van der Waals surface area contributed by atoms with Crippen LogP contribution >= 0.6 is 0 Å². The molecule has 2 atom stereocenters. The quantitative estimate of drug-likeness (QED) is 0.689. The fourth-order valence-electron chi connectivity index (χ4n) is 2.21. The summed E-state index contributed by atoms with van der Waals surface area (Å²) in [6, 6.07) is -1.19. The lowest BCUT2D eigenvalue weighted by Crippen LogP contribution is -2.62. The van der Waals surface area contributed by atoms with Crippen molar-refractivity contribution in [2.45, 2.75) is 33.2 Å². The molecule has 118 valence electrons. The second-order valence-corrected chi connectivity index (χ2v) is 5.02. The lowest BCUT2D eigenvalue weighted by molar-refractivity contribution is -0.142. The van der Waals surface area contributed by atoms with Crippen LogP contribution < -0.4 is 5.32 Å². The Hall–Kier alpha value is -2.12. The molecule has 0 aromatic carbocycles. The number of carboxylic acid groups (broad SMARTS) is 1. The van der Waals surface area contributed by atoms with Crippen LogP contribution in [0.2, 0.25) is 0 Å². The molecule has 0 aliphatic carbocycles. The van der Waals surface area contributed by atoms with Crippen LogP contribution in [0.5, 0.6) is 0 Å². The number of imide groups is 1. The lowest BCUT2D eigenvalue weighted by Gasteiger charge is -2.37. The van der Waals surface area contributed by atoms with E-state index in [9.17, 15) is 19.2 Å². The van der Waals surface area contributed by atoms with Gasteiger partial charge in [-0.05, 0) is 13.3 Å². The largest absolute Gasteiger partial charge is 0.481 e. The smallest absolute Gasteiger partial charge is 0.321 e.